The van der Waals surface area contributed by atoms with Crippen molar-refractivity contribution in [2.45, 2.75) is 244 Å². The normalized spacial score (nSPS) is 14.0. The van der Waals surface area contributed by atoms with Crippen molar-refractivity contribution in [1.29, 1.82) is 0 Å². The molecule has 0 aromatic heterocycles. The van der Waals surface area contributed by atoms with Gasteiger partial charge in [-0.25, -0.2) is 0 Å². The second kappa shape index (κ2) is 48.1. The van der Waals surface area contributed by atoms with Gasteiger partial charge in [-0.05, 0) is 57.8 Å². The van der Waals surface area contributed by atoms with E-state index in [4.69, 9.17) is 4.74 Å². The molecule has 0 radical (unpaired) electrons. The van der Waals surface area contributed by atoms with Crippen LogP contribution in [0.15, 0.2) is 85.1 Å². The Kier molecular flexibility index (Phi) is 45.7. The lowest BCUT2D eigenvalue weighted by atomic mass is 10.0. The maximum Gasteiger partial charge on any atom is 0.306 e. The summed E-state index contributed by atoms with van der Waals surface area (Å²) in [4.78, 5) is 26.0. The molecule has 6 nitrogen and oxygen atoms in total. The van der Waals surface area contributed by atoms with Gasteiger partial charge in [0, 0.05) is 6.42 Å². The number of aliphatic hydroxyl groups is 2. The molecule has 3 N–H and O–H groups in total. The summed E-state index contributed by atoms with van der Waals surface area (Å²) in [5.41, 5.74) is 0. The fraction of sp³-hybridized carbons (Fsp3) is 0.709. The second-order valence-corrected chi connectivity index (χ2v) is 17.0. The molecule has 0 bridgehead atoms. The van der Waals surface area contributed by atoms with Crippen molar-refractivity contribution < 1.29 is 24.5 Å². The highest BCUT2D eigenvalue weighted by atomic mass is 16.5. The van der Waals surface area contributed by atoms with Gasteiger partial charge in [-0.2, -0.15) is 0 Å². The first-order valence-electron chi connectivity index (χ1n) is 25.4. The largest absolute Gasteiger partial charge is 0.462 e. The second-order valence-electron chi connectivity index (χ2n) is 17.0. The maximum absolute atomic E-state index is 13.2. The van der Waals surface area contributed by atoms with E-state index in [-0.39, 0.29) is 31.3 Å². The van der Waals surface area contributed by atoms with Gasteiger partial charge in [0.1, 0.15) is 6.10 Å². The number of carbonyl (C=O) groups excluding carboxylic acids is 2. The highest BCUT2D eigenvalue weighted by Crippen LogP contribution is 2.16. The summed E-state index contributed by atoms with van der Waals surface area (Å²) >= 11 is 0. The molecule has 3 atom stereocenters. The minimum Gasteiger partial charge on any atom is -0.462 e. The van der Waals surface area contributed by atoms with Gasteiger partial charge in [-0.3, -0.25) is 9.59 Å². The third kappa shape index (κ3) is 43.5. The minimum atomic E-state index is -0.819. The van der Waals surface area contributed by atoms with Crippen LogP contribution in [-0.4, -0.2) is 46.9 Å². The number of amides is 1. The van der Waals surface area contributed by atoms with Gasteiger partial charge in [0.2, 0.25) is 5.91 Å². The molecule has 0 aliphatic rings. The van der Waals surface area contributed by atoms with Crippen molar-refractivity contribution >= 4 is 11.9 Å². The zero-order valence-electron chi connectivity index (χ0n) is 39.8. The average Bonchev–Trinajstić information content (AvgIpc) is 3.25. The summed E-state index contributed by atoms with van der Waals surface area (Å²) in [6, 6.07) is -0.739. The molecule has 0 saturated carbocycles. The molecule has 0 heterocycles. The molecule has 0 saturated heterocycles. The predicted molar refractivity (Wildman–Crippen MR) is 264 cm³/mol. The first-order valence-corrected chi connectivity index (χ1v) is 25.4. The Hall–Kier alpha value is -2.96. The lowest BCUT2D eigenvalue weighted by molar-refractivity contribution is -0.150. The molecule has 0 spiro atoms. The molecule has 3 unspecified atom stereocenters. The fourth-order valence-electron chi connectivity index (χ4n) is 7.27. The van der Waals surface area contributed by atoms with Gasteiger partial charge in [-0.1, -0.05) is 241 Å². The van der Waals surface area contributed by atoms with E-state index >= 15 is 0 Å². The molecule has 0 aromatic carbocycles. The van der Waals surface area contributed by atoms with Gasteiger partial charge >= 0.3 is 5.97 Å². The molecule has 0 rings (SSSR count). The highest BCUT2D eigenvalue weighted by molar-refractivity contribution is 5.77. The van der Waals surface area contributed by atoms with E-state index in [0.717, 1.165) is 51.4 Å². The van der Waals surface area contributed by atoms with Crippen LogP contribution in [0.2, 0.25) is 0 Å². The molecule has 0 aliphatic heterocycles. The smallest absolute Gasteiger partial charge is 0.306 e. The highest BCUT2D eigenvalue weighted by Gasteiger charge is 2.23. The molecule has 0 aromatic rings. The molecule has 0 aliphatic carbocycles. The van der Waals surface area contributed by atoms with Gasteiger partial charge in [0.05, 0.1) is 25.2 Å². The first kappa shape index (κ1) is 58.0. The predicted octanol–water partition coefficient (Wildman–Crippen LogP) is 15.2. The van der Waals surface area contributed by atoms with Crippen molar-refractivity contribution in [2.75, 3.05) is 6.61 Å². The van der Waals surface area contributed by atoms with Gasteiger partial charge in [-0.15, -0.1) is 0 Å². The maximum atomic E-state index is 13.2. The van der Waals surface area contributed by atoms with E-state index in [9.17, 15) is 19.8 Å². The Balaban J connectivity index is 4.71. The van der Waals surface area contributed by atoms with Crippen molar-refractivity contribution in [2.24, 2.45) is 0 Å². The standard InChI is InChI=1S/C55H95NO5/c1-4-7-10-13-16-19-22-25-26-27-30-32-35-38-41-44-47-53(58)52(50-57)56-54(59)49-51(46-43-40-37-34-31-28-23-20-17-14-11-8-5-2)61-55(60)48-45-42-39-36-33-29-24-21-18-15-12-9-6-3/h8,11,14,17,20,23,28-29,31,33-34,37,39,42,51-53,57-58H,4-7,9-10,12-13,15-16,18-19,21-22,24-27,30,32,35-36,38,40-41,43-50H2,1-3H3,(H,56,59)/b11-8+,17-14+,23-20-,31-28-,33-29-,37-34+,42-39+. The SMILES string of the molecule is CC/C=C/C=C/C=C\C=C/C=C/CCCC(CC(=O)NC(CO)C(O)CCCCCCCCCCCCCCCCCC)OC(=O)CC/C=C/C/C=C\CCCCCCCC. The molecule has 6 heteroatoms. The number of unbranched alkanes of at least 4 members (excludes halogenated alkanes) is 22. The fourth-order valence-corrected chi connectivity index (χ4v) is 7.27. The summed E-state index contributed by atoms with van der Waals surface area (Å²) in [6.07, 6.45) is 62.3. The number of carbonyl (C=O) groups is 2. The van der Waals surface area contributed by atoms with Crippen LogP contribution in [0.25, 0.3) is 0 Å². The van der Waals surface area contributed by atoms with Crippen LogP contribution in [0.4, 0.5) is 0 Å². The van der Waals surface area contributed by atoms with E-state index in [1.807, 2.05) is 54.7 Å². The zero-order valence-corrected chi connectivity index (χ0v) is 39.8. The molecule has 350 valence electrons. The van der Waals surface area contributed by atoms with Crippen LogP contribution in [0.5, 0.6) is 0 Å². The summed E-state index contributed by atoms with van der Waals surface area (Å²) in [6.45, 7) is 6.29. The van der Waals surface area contributed by atoms with Gasteiger partial charge < -0.3 is 20.3 Å². The van der Waals surface area contributed by atoms with Crippen LogP contribution in [0.3, 0.4) is 0 Å². The lowest BCUT2D eigenvalue weighted by Crippen LogP contribution is -2.46. The monoisotopic (exact) mass is 850 g/mol. The van der Waals surface area contributed by atoms with E-state index in [1.165, 1.54) is 122 Å². The third-order valence-electron chi connectivity index (χ3n) is 11.1. The molecular weight excluding hydrogens is 755 g/mol. The van der Waals surface area contributed by atoms with E-state index < -0.39 is 18.2 Å². The van der Waals surface area contributed by atoms with Crippen LogP contribution in [0, 0.1) is 0 Å². The minimum absolute atomic E-state index is 0.00260. The summed E-state index contributed by atoms with van der Waals surface area (Å²) in [7, 11) is 0. The number of aliphatic hydroxyl groups excluding tert-OH is 2. The Morgan fingerprint density at radius 2 is 0.967 bits per heavy atom. The Bertz CT molecular complexity index is 1180. The molecule has 0 fully saturated rings. The zero-order chi connectivity index (χ0) is 44.5. The first-order chi connectivity index (χ1) is 30.0. The number of hydrogen-bond donors (Lipinski definition) is 3. The quantitative estimate of drug-likeness (QED) is 0.0246. The molecule has 1 amide bonds. The number of allylic oxidation sites excluding steroid dienone is 14. The van der Waals surface area contributed by atoms with Crippen LogP contribution in [0.1, 0.15) is 226 Å². The van der Waals surface area contributed by atoms with Crippen LogP contribution < -0.4 is 5.32 Å². The molecule has 61 heavy (non-hydrogen) atoms. The van der Waals surface area contributed by atoms with E-state index in [1.54, 1.807) is 0 Å². The van der Waals surface area contributed by atoms with Crippen molar-refractivity contribution in [3.63, 3.8) is 0 Å². The van der Waals surface area contributed by atoms with Gasteiger partial charge in [0.15, 0.2) is 0 Å². The van der Waals surface area contributed by atoms with Gasteiger partial charge in [0.25, 0.3) is 0 Å². The number of ether oxygens (including phenoxy) is 1. The average molecular weight is 850 g/mol. The van der Waals surface area contributed by atoms with E-state index in [0.29, 0.717) is 19.3 Å². The Morgan fingerprint density at radius 1 is 0.508 bits per heavy atom. The Morgan fingerprint density at radius 3 is 1.49 bits per heavy atom. The number of hydrogen-bond acceptors (Lipinski definition) is 5. The number of esters is 1. The number of nitrogens with one attached hydrogen (secondary N) is 1. The molecular formula is C55H95NO5. The van der Waals surface area contributed by atoms with E-state index in [2.05, 4.69) is 56.5 Å². The third-order valence-corrected chi connectivity index (χ3v) is 11.1. The van der Waals surface area contributed by atoms with Crippen LogP contribution >= 0.6 is 0 Å². The van der Waals surface area contributed by atoms with Crippen LogP contribution in [-0.2, 0) is 14.3 Å². The van der Waals surface area contributed by atoms with Crippen molar-refractivity contribution in [3.8, 4) is 0 Å². The topological polar surface area (TPSA) is 95.9 Å². The Labute approximate surface area is 376 Å². The number of rotatable bonds is 44. The summed E-state index contributed by atoms with van der Waals surface area (Å²) in [5.74, 6) is -0.632. The van der Waals surface area contributed by atoms with Crippen molar-refractivity contribution in [1.82, 2.24) is 5.32 Å². The lowest BCUT2D eigenvalue weighted by Gasteiger charge is -2.24. The summed E-state index contributed by atoms with van der Waals surface area (Å²) in [5, 5.41) is 23.7. The summed E-state index contributed by atoms with van der Waals surface area (Å²) < 4.78 is 5.84. The van der Waals surface area contributed by atoms with Crippen molar-refractivity contribution in [3.05, 3.63) is 85.1 Å².